The summed E-state index contributed by atoms with van der Waals surface area (Å²) in [6, 6.07) is 1.46. The van der Waals surface area contributed by atoms with Gasteiger partial charge in [0.15, 0.2) is 0 Å². The van der Waals surface area contributed by atoms with Crippen LogP contribution < -0.4 is 0 Å². The summed E-state index contributed by atoms with van der Waals surface area (Å²) in [6.45, 7) is -0.623. The van der Waals surface area contributed by atoms with Gasteiger partial charge >= 0.3 is 12.1 Å². The molecule has 0 fully saturated rings. The van der Waals surface area contributed by atoms with Crippen molar-refractivity contribution in [1.29, 1.82) is 0 Å². The molecule has 0 saturated heterocycles. The fraction of sp³-hybridized carbons (Fsp3) is 0.556. The van der Waals surface area contributed by atoms with Crippen LogP contribution in [0.3, 0.4) is 0 Å². The highest BCUT2D eigenvalue weighted by molar-refractivity contribution is 5.69. The molecular weight excluding hydrogens is 241 g/mol. The largest absolute Gasteiger partial charge is 0.480 e. The van der Waals surface area contributed by atoms with E-state index in [2.05, 4.69) is 5.16 Å². The van der Waals surface area contributed by atoms with E-state index in [-0.39, 0.29) is 12.2 Å². The number of aryl methyl sites for hydroxylation is 1. The lowest BCUT2D eigenvalue weighted by molar-refractivity contribution is -0.155. The van der Waals surface area contributed by atoms with Crippen LogP contribution in [0.5, 0.6) is 0 Å². The van der Waals surface area contributed by atoms with Gasteiger partial charge in [0.25, 0.3) is 0 Å². The number of aliphatic carboxylic acids is 1. The second-order valence-corrected chi connectivity index (χ2v) is 3.58. The Morgan fingerprint density at radius 2 is 2.24 bits per heavy atom. The van der Waals surface area contributed by atoms with Crippen LogP contribution in [0, 0.1) is 6.92 Å². The smallest absolute Gasteiger partial charge is 0.401 e. The van der Waals surface area contributed by atoms with Gasteiger partial charge < -0.3 is 9.63 Å². The summed E-state index contributed by atoms with van der Waals surface area (Å²) < 4.78 is 41.3. The minimum absolute atomic E-state index is 0.219. The van der Waals surface area contributed by atoms with Crippen LogP contribution in [-0.2, 0) is 11.3 Å². The Hall–Kier alpha value is -1.57. The summed E-state index contributed by atoms with van der Waals surface area (Å²) >= 11 is 0. The molecule has 1 heterocycles. The van der Waals surface area contributed by atoms with E-state index >= 15 is 0 Å². The van der Waals surface area contributed by atoms with Crippen molar-refractivity contribution in [2.75, 3.05) is 13.1 Å². The van der Waals surface area contributed by atoms with Gasteiger partial charge in [-0.05, 0) is 6.92 Å². The van der Waals surface area contributed by atoms with E-state index in [0.717, 1.165) is 4.90 Å². The van der Waals surface area contributed by atoms with Crippen molar-refractivity contribution < 1.29 is 27.6 Å². The molecule has 0 unspecified atom stereocenters. The molecule has 8 heteroatoms. The Kier molecular flexibility index (Phi) is 4.11. The zero-order valence-electron chi connectivity index (χ0n) is 8.99. The normalized spacial score (nSPS) is 12.1. The average molecular weight is 252 g/mol. The van der Waals surface area contributed by atoms with E-state index in [4.69, 9.17) is 9.63 Å². The summed E-state index contributed by atoms with van der Waals surface area (Å²) in [5.74, 6) is -0.864. The highest BCUT2D eigenvalue weighted by Crippen LogP contribution is 2.17. The molecule has 0 bridgehead atoms. The van der Waals surface area contributed by atoms with Crippen LogP contribution in [-0.4, -0.2) is 40.4 Å². The van der Waals surface area contributed by atoms with Crippen LogP contribution in [0.1, 0.15) is 11.5 Å². The van der Waals surface area contributed by atoms with Crippen molar-refractivity contribution in [1.82, 2.24) is 10.1 Å². The molecule has 0 spiro atoms. The lowest BCUT2D eigenvalue weighted by Gasteiger charge is -2.20. The summed E-state index contributed by atoms with van der Waals surface area (Å²) in [7, 11) is 0. The third-order valence-corrected chi connectivity index (χ3v) is 1.82. The molecule has 0 aliphatic heterocycles. The van der Waals surface area contributed by atoms with Gasteiger partial charge in [-0.15, -0.1) is 0 Å². The first-order valence-corrected chi connectivity index (χ1v) is 4.69. The average Bonchev–Trinajstić information content (AvgIpc) is 2.46. The van der Waals surface area contributed by atoms with Crippen molar-refractivity contribution in [3.8, 4) is 0 Å². The molecule has 1 rings (SSSR count). The number of hydrogen-bond donors (Lipinski definition) is 1. The van der Waals surface area contributed by atoms with Crippen molar-refractivity contribution in [2.24, 2.45) is 0 Å². The molecule has 0 aliphatic rings. The van der Waals surface area contributed by atoms with E-state index in [0.29, 0.717) is 5.76 Å². The zero-order chi connectivity index (χ0) is 13.1. The van der Waals surface area contributed by atoms with Gasteiger partial charge in [0.05, 0.1) is 18.8 Å². The van der Waals surface area contributed by atoms with Crippen LogP contribution in [0.2, 0.25) is 0 Å². The molecule has 1 aromatic heterocycles. The van der Waals surface area contributed by atoms with Gasteiger partial charge in [-0.1, -0.05) is 5.16 Å². The number of carbonyl (C=O) groups is 1. The fourth-order valence-electron chi connectivity index (χ4n) is 1.33. The molecule has 96 valence electrons. The number of halogens is 3. The Morgan fingerprint density at radius 3 is 2.65 bits per heavy atom. The third kappa shape index (κ3) is 5.34. The van der Waals surface area contributed by atoms with Gasteiger partial charge in [-0.2, -0.15) is 13.2 Å². The highest BCUT2D eigenvalue weighted by Gasteiger charge is 2.31. The molecule has 0 aliphatic carbocycles. The number of carboxylic acid groups (broad SMARTS) is 1. The number of alkyl halides is 3. The fourth-order valence-corrected chi connectivity index (χ4v) is 1.33. The third-order valence-electron chi connectivity index (χ3n) is 1.82. The van der Waals surface area contributed by atoms with Crippen molar-refractivity contribution in [2.45, 2.75) is 19.6 Å². The number of aromatic nitrogens is 1. The lowest BCUT2D eigenvalue weighted by Crippen LogP contribution is -2.37. The van der Waals surface area contributed by atoms with Crippen molar-refractivity contribution in [3.05, 3.63) is 17.5 Å². The molecule has 0 atom stereocenters. The van der Waals surface area contributed by atoms with Crippen LogP contribution in [0.4, 0.5) is 13.2 Å². The number of nitrogens with zero attached hydrogens (tertiary/aromatic N) is 2. The molecule has 5 nitrogen and oxygen atoms in total. The maximum absolute atomic E-state index is 12.2. The minimum Gasteiger partial charge on any atom is -0.480 e. The minimum atomic E-state index is -4.45. The van der Waals surface area contributed by atoms with E-state index in [1.54, 1.807) is 6.92 Å². The molecule has 17 heavy (non-hydrogen) atoms. The number of hydrogen-bond acceptors (Lipinski definition) is 4. The van der Waals surface area contributed by atoms with Crippen LogP contribution >= 0.6 is 0 Å². The van der Waals surface area contributed by atoms with E-state index in [9.17, 15) is 18.0 Å². The highest BCUT2D eigenvalue weighted by atomic mass is 19.4. The first-order valence-electron chi connectivity index (χ1n) is 4.69. The monoisotopic (exact) mass is 252 g/mol. The number of carboxylic acids is 1. The summed E-state index contributed by atoms with van der Waals surface area (Å²) in [5, 5.41) is 12.0. The molecule has 1 aromatic rings. The second-order valence-electron chi connectivity index (χ2n) is 3.58. The van der Waals surface area contributed by atoms with E-state index in [1.165, 1.54) is 6.07 Å². The van der Waals surface area contributed by atoms with Crippen LogP contribution in [0.25, 0.3) is 0 Å². The maximum atomic E-state index is 12.2. The van der Waals surface area contributed by atoms with E-state index < -0.39 is 25.2 Å². The van der Waals surface area contributed by atoms with Crippen LogP contribution in [0.15, 0.2) is 10.6 Å². The molecule has 0 aromatic carbocycles. The first-order chi connectivity index (χ1) is 7.76. The summed E-state index contributed by atoms with van der Waals surface area (Å²) in [4.78, 5) is 11.2. The van der Waals surface area contributed by atoms with Gasteiger partial charge in [-0.25, -0.2) is 0 Å². The predicted octanol–water partition coefficient (Wildman–Crippen LogP) is 1.43. The summed E-state index contributed by atoms with van der Waals surface area (Å²) in [5.41, 5.74) is 0.271. The first kappa shape index (κ1) is 13.5. The van der Waals surface area contributed by atoms with Gasteiger partial charge in [0.2, 0.25) is 0 Å². The molecule has 0 saturated carbocycles. The quantitative estimate of drug-likeness (QED) is 0.858. The molecule has 1 N–H and O–H groups in total. The van der Waals surface area contributed by atoms with Gasteiger partial charge in [-0.3, -0.25) is 9.69 Å². The number of rotatable bonds is 5. The second kappa shape index (κ2) is 5.17. The van der Waals surface area contributed by atoms with Gasteiger partial charge in [0.1, 0.15) is 5.76 Å². The molecule has 0 radical (unpaired) electrons. The zero-order valence-corrected chi connectivity index (χ0v) is 8.99. The Bertz CT molecular complexity index is 389. The van der Waals surface area contributed by atoms with E-state index in [1.807, 2.05) is 0 Å². The lowest BCUT2D eigenvalue weighted by atomic mass is 10.3. The van der Waals surface area contributed by atoms with Gasteiger partial charge in [0, 0.05) is 12.6 Å². The topological polar surface area (TPSA) is 66.6 Å². The maximum Gasteiger partial charge on any atom is 0.401 e. The Balaban J connectivity index is 2.66. The van der Waals surface area contributed by atoms with Crippen molar-refractivity contribution in [3.63, 3.8) is 0 Å². The van der Waals surface area contributed by atoms with Crippen molar-refractivity contribution >= 4 is 5.97 Å². The molecular formula is C9H11F3N2O3. The SMILES string of the molecule is Cc1cc(CN(CC(=O)O)CC(F)(F)F)no1. The molecule has 0 amide bonds. The standard InChI is InChI=1S/C9H11F3N2O3/c1-6-2-7(13-17-6)3-14(4-8(15)16)5-9(10,11)12/h2H,3-5H2,1H3,(H,15,16). The Labute approximate surface area is 94.8 Å². The summed E-state index contributed by atoms with van der Waals surface area (Å²) in [6.07, 6.45) is -4.45. The Morgan fingerprint density at radius 1 is 1.59 bits per heavy atom. The predicted molar refractivity (Wildman–Crippen MR) is 50.2 cm³/mol.